The Bertz CT molecular complexity index is 1880. The molecular formula is C31H31N5O4S. The van der Waals surface area contributed by atoms with E-state index in [1.165, 1.54) is 10.8 Å². The Morgan fingerprint density at radius 1 is 1.24 bits per heavy atom. The van der Waals surface area contributed by atoms with Gasteiger partial charge in [-0.1, -0.05) is 17.3 Å². The van der Waals surface area contributed by atoms with Crippen LogP contribution in [0.15, 0.2) is 52.6 Å². The monoisotopic (exact) mass is 569 g/mol. The van der Waals surface area contributed by atoms with Crippen LogP contribution in [-0.2, 0) is 24.9 Å². The van der Waals surface area contributed by atoms with Gasteiger partial charge in [0.2, 0.25) is 5.56 Å². The minimum atomic E-state index is -0.852. The number of ether oxygens (including phenoxy) is 1. The van der Waals surface area contributed by atoms with Crippen molar-refractivity contribution in [3.8, 4) is 5.75 Å². The van der Waals surface area contributed by atoms with Gasteiger partial charge in [0, 0.05) is 42.9 Å². The van der Waals surface area contributed by atoms with Gasteiger partial charge in [-0.3, -0.25) is 14.5 Å². The summed E-state index contributed by atoms with van der Waals surface area (Å²) in [6, 6.07) is 13.9. The second-order valence-electron chi connectivity index (χ2n) is 11.4. The molecule has 2 aliphatic rings. The fraction of sp³-hybridized carbons (Fsp3) is 0.355. The number of nitrogens with zero attached hydrogens (tertiary/aromatic N) is 4. The Hall–Kier alpha value is -4.02. The summed E-state index contributed by atoms with van der Waals surface area (Å²) in [7, 11) is 1.86. The first kappa shape index (κ1) is 25.9. The van der Waals surface area contributed by atoms with Crippen molar-refractivity contribution >= 4 is 38.4 Å². The smallest absolute Gasteiger partial charge is 0.304 e. The lowest BCUT2D eigenvalue weighted by atomic mass is 9.84. The number of hydrogen-bond donors (Lipinski definition) is 2. The summed E-state index contributed by atoms with van der Waals surface area (Å²) in [5.41, 5.74) is 6.11. The van der Waals surface area contributed by atoms with Crippen LogP contribution in [0.4, 0.5) is 0 Å². The summed E-state index contributed by atoms with van der Waals surface area (Å²) in [6.45, 7) is 5.42. The molecule has 1 aliphatic carbocycles. The first-order valence-corrected chi connectivity index (χ1v) is 14.8. The van der Waals surface area contributed by atoms with E-state index in [0.29, 0.717) is 13.1 Å². The number of carbonyl (C=O) groups is 1. The highest BCUT2D eigenvalue weighted by molar-refractivity contribution is 7.17. The Morgan fingerprint density at radius 3 is 2.85 bits per heavy atom. The molecule has 1 spiro atoms. The highest BCUT2D eigenvalue weighted by Gasteiger charge is 2.54. The van der Waals surface area contributed by atoms with E-state index in [2.05, 4.69) is 50.7 Å². The van der Waals surface area contributed by atoms with Crippen LogP contribution >= 0.6 is 11.3 Å². The van der Waals surface area contributed by atoms with Crippen LogP contribution in [0.2, 0.25) is 0 Å². The van der Waals surface area contributed by atoms with Gasteiger partial charge in [0.05, 0.1) is 17.6 Å². The van der Waals surface area contributed by atoms with Crippen LogP contribution in [0.1, 0.15) is 60.1 Å². The number of nitrogens with one attached hydrogen (secondary N) is 1. The fourth-order valence-corrected chi connectivity index (χ4v) is 7.35. The van der Waals surface area contributed by atoms with Gasteiger partial charge in [0.25, 0.3) is 0 Å². The average Bonchev–Trinajstić information content (AvgIpc) is 3.41. The fourth-order valence-electron chi connectivity index (χ4n) is 6.46. The van der Waals surface area contributed by atoms with Crippen LogP contribution < -0.4 is 10.3 Å². The van der Waals surface area contributed by atoms with Gasteiger partial charge >= 0.3 is 5.97 Å². The maximum atomic E-state index is 12.2. The number of aliphatic carboxylic acids is 1. The van der Waals surface area contributed by atoms with Crippen LogP contribution in [0.3, 0.4) is 0 Å². The summed E-state index contributed by atoms with van der Waals surface area (Å²) in [5, 5.41) is 21.7. The molecule has 1 unspecified atom stereocenters. The predicted molar refractivity (Wildman–Crippen MR) is 158 cm³/mol. The van der Waals surface area contributed by atoms with Crippen molar-refractivity contribution in [3.05, 3.63) is 86.1 Å². The van der Waals surface area contributed by atoms with Crippen molar-refractivity contribution in [2.75, 3.05) is 0 Å². The number of aromatic amines is 1. The van der Waals surface area contributed by atoms with Crippen molar-refractivity contribution in [2.24, 2.45) is 7.05 Å². The molecule has 4 heterocycles. The first-order chi connectivity index (χ1) is 19.7. The molecule has 9 nitrogen and oxygen atoms in total. The molecule has 3 aromatic heterocycles. The van der Waals surface area contributed by atoms with Crippen molar-refractivity contribution in [1.82, 2.24) is 24.9 Å². The molecule has 2 atom stereocenters. The molecule has 2 aromatic carbocycles. The zero-order valence-electron chi connectivity index (χ0n) is 23.2. The largest absolute Gasteiger partial charge is 0.484 e. The molecule has 7 rings (SSSR count). The van der Waals surface area contributed by atoms with Gasteiger partial charge in [0.1, 0.15) is 16.9 Å². The standard InChI is InChI=1S/C31H31N5O4S/c1-17-22(4-5-25-29(17)33-34-35(25)3)23(14-28(38)39)20-12-19-8-11-41-30(19)21(13-20)15-36-16-24-26(6-7-27(37)32-24)40-31(9-10-31)18(36)2/h4-8,11-13,18,23H,9-10,14-16H2,1-3H3,(H,32,37)(H,38,39)/t18-,23?/m1/s1. The van der Waals surface area contributed by atoms with Crippen LogP contribution in [0, 0.1) is 6.92 Å². The number of benzene rings is 2. The van der Waals surface area contributed by atoms with E-state index in [0.717, 1.165) is 63.0 Å². The van der Waals surface area contributed by atoms with E-state index in [4.69, 9.17) is 4.74 Å². The Balaban J connectivity index is 1.32. The zero-order valence-corrected chi connectivity index (χ0v) is 24.0. The number of thiophene rings is 1. The summed E-state index contributed by atoms with van der Waals surface area (Å²) in [4.78, 5) is 29.7. The first-order valence-electron chi connectivity index (χ1n) is 13.9. The van der Waals surface area contributed by atoms with Crippen molar-refractivity contribution in [1.29, 1.82) is 0 Å². The maximum Gasteiger partial charge on any atom is 0.304 e. The molecule has 1 saturated carbocycles. The number of carboxylic acids is 1. The number of pyridine rings is 1. The molecular weight excluding hydrogens is 538 g/mol. The lowest BCUT2D eigenvalue weighted by molar-refractivity contribution is -0.137. The molecule has 1 aliphatic heterocycles. The number of aryl methyl sites for hydroxylation is 2. The molecule has 0 amide bonds. The maximum absolute atomic E-state index is 12.2. The minimum absolute atomic E-state index is 0.0344. The molecule has 41 heavy (non-hydrogen) atoms. The van der Waals surface area contributed by atoms with E-state index in [-0.39, 0.29) is 29.5 Å². The summed E-state index contributed by atoms with van der Waals surface area (Å²) < 4.78 is 9.41. The minimum Gasteiger partial charge on any atom is -0.484 e. The van der Waals surface area contributed by atoms with Gasteiger partial charge in [0.15, 0.2) is 0 Å². The van der Waals surface area contributed by atoms with Crippen molar-refractivity contribution in [3.63, 3.8) is 0 Å². The lowest BCUT2D eigenvalue weighted by Gasteiger charge is -2.32. The number of carboxylic acid groups (broad SMARTS) is 1. The van der Waals surface area contributed by atoms with Gasteiger partial charge in [-0.05, 0) is 84.0 Å². The number of rotatable bonds is 6. The normalized spacial score (nSPS) is 18.8. The lowest BCUT2D eigenvalue weighted by Crippen LogP contribution is -2.43. The van der Waals surface area contributed by atoms with E-state index < -0.39 is 5.97 Å². The molecule has 0 saturated heterocycles. The van der Waals surface area contributed by atoms with E-state index in [9.17, 15) is 14.7 Å². The Morgan fingerprint density at radius 2 is 2.07 bits per heavy atom. The second-order valence-corrected chi connectivity index (χ2v) is 12.4. The number of aromatic nitrogens is 4. The average molecular weight is 570 g/mol. The molecule has 0 bridgehead atoms. The van der Waals surface area contributed by atoms with Gasteiger partial charge < -0.3 is 14.8 Å². The highest BCUT2D eigenvalue weighted by Crippen LogP contribution is 2.48. The molecule has 10 heteroatoms. The molecule has 2 N–H and O–H groups in total. The van der Waals surface area contributed by atoms with Crippen LogP contribution in [-0.4, -0.2) is 47.6 Å². The second kappa shape index (κ2) is 9.53. The quantitative estimate of drug-likeness (QED) is 0.292. The van der Waals surface area contributed by atoms with E-state index >= 15 is 0 Å². The topological polar surface area (TPSA) is 113 Å². The van der Waals surface area contributed by atoms with Crippen LogP contribution in [0.5, 0.6) is 5.75 Å². The molecule has 210 valence electrons. The van der Waals surface area contributed by atoms with Crippen LogP contribution in [0.25, 0.3) is 21.1 Å². The summed E-state index contributed by atoms with van der Waals surface area (Å²) >= 11 is 1.70. The van der Waals surface area contributed by atoms with Gasteiger partial charge in [-0.25, -0.2) is 4.68 Å². The third-order valence-electron chi connectivity index (χ3n) is 8.94. The number of fused-ring (bicyclic) bond motifs is 3. The third kappa shape index (κ3) is 4.42. The molecule has 5 aromatic rings. The van der Waals surface area contributed by atoms with Gasteiger partial charge in [-0.2, -0.15) is 0 Å². The van der Waals surface area contributed by atoms with E-state index in [1.807, 2.05) is 26.1 Å². The number of H-pyrrole nitrogens is 1. The van der Waals surface area contributed by atoms with Crippen molar-refractivity contribution < 1.29 is 14.6 Å². The Labute approximate surface area is 240 Å². The Kier molecular flexibility index (Phi) is 6.02. The predicted octanol–water partition coefficient (Wildman–Crippen LogP) is 5.10. The number of hydrogen-bond acceptors (Lipinski definition) is 7. The summed E-state index contributed by atoms with van der Waals surface area (Å²) in [6.07, 6.45) is 1.92. The summed E-state index contributed by atoms with van der Waals surface area (Å²) in [5.74, 6) is -0.447. The van der Waals surface area contributed by atoms with Gasteiger partial charge in [-0.15, -0.1) is 16.4 Å². The highest BCUT2D eigenvalue weighted by atomic mass is 32.1. The zero-order chi connectivity index (χ0) is 28.5. The SMILES string of the molecule is Cc1c(C(CC(=O)O)c2cc(CN3Cc4[nH]c(=O)ccc4OC4(CC4)[C@H]3C)c3sccc3c2)ccc2c1nnn2C. The van der Waals surface area contributed by atoms with E-state index in [1.54, 1.807) is 22.1 Å². The molecule has 0 radical (unpaired) electrons. The van der Waals surface area contributed by atoms with Crippen molar-refractivity contribution in [2.45, 2.75) is 63.8 Å². The third-order valence-corrected chi connectivity index (χ3v) is 9.95. The molecule has 1 fully saturated rings.